The van der Waals surface area contributed by atoms with E-state index in [0.29, 0.717) is 66.1 Å². The van der Waals surface area contributed by atoms with Crippen molar-refractivity contribution in [3.8, 4) is 0 Å². The zero-order valence-corrected chi connectivity index (χ0v) is 77.6. The minimum absolute atomic E-state index is 0.00715. The molecule has 36 nitrogen and oxygen atoms in total. The first-order valence-electron chi connectivity index (χ1n) is 43.6. The van der Waals surface area contributed by atoms with Crippen LogP contribution in [0.25, 0.3) is 0 Å². The van der Waals surface area contributed by atoms with Crippen LogP contribution >= 0.6 is 0 Å². The lowest BCUT2D eigenvalue weighted by atomic mass is 10.1. The van der Waals surface area contributed by atoms with E-state index in [2.05, 4.69) is 258 Å². The molecular formula is C89H143N35O. The molecule has 1 aromatic heterocycles. The molecule has 0 radical (unpaired) electrons. The van der Waals surface area contributed by atoms with Crippen molar-refractivity contribution in [2.75, 3.05) is 88.1 Å². The lowest BCUT2D eigenvalue weighted by molar-refractivity contribution is 0.489. The number of hydrogen-bond acceptors (Lipinski definition) is 30. The maximum atomic E-state index is 5.70. The molecule has 13 aliphatic rings. The zero-order chi connectivity index (χ0) is 90.7. The number of guanidine groups is 14. The van der Waals surface area contributed by atoms with E-state index >= 15 is 0 Å². The van der Waals surface area contributed by atoms with Gasteiger partial charge in [-0.15, -0.1) is 0 Å². The second-order valence-corrected chi connectivity index (χ2v) is 32.6. The lowest BCUT2D eigenvalue weighted by Crippen LogP contribution is -2.53. The first-order valence-corrected chi connectivity index (χ1v) is 43.6. The maximum absolute atomic E-state index is 5.70. The number of aryl methyl sites for hydroxylation is 1. The van der Waals surface area contributed by atoms with Crippen molar-refractivity contribution in [3.63, 3.8) is 0 Å². The molecule has 0 amide bonds. The van der Waals surface area contributed by atoms with Crippen LogP contribution in [0.5, 0.6) is 0 Å². The predicted octanol–water partition coefficient (Wildman–Crippen LogP) is 7.40. The highest BCUT2D eigenvalue weighted by molar-refractivity contribution is 6.01. The van der Waals surface area contributed by atoms with Crippen LogP contribution < -0.4 is 92.5 Å². The van der Waals surface area contributed by atoms with E-state index in [9.17, 15) is 0 Å². The summed E-state index contributed by atoms with van der Waals surface area (Å²) in [6.45, 7) is 34.6. The molecule has 14 rings (SSSR count). The summed E-state index contributed by atoms with van der Waals surface area (Å²) in [6.07, 6.45) is 42.1. The Morgan fingerprint density at radius 1 is 0.400 bits per heavy atom. The van der Waals surface area contributed by atoms with Gasteiger partial charge in [-0.25, -0.2) is 25.0 Å². The highest BCUT2D eigenvalue weighted by atomic mass is 16.3. The number of furan rings is 1. The molecule has 0 bridgehead atoms. The molecule has 1 aromatic rings. The van der Waals surface area contributed by atoms with Crippen LogP contribution in [0.15, 0.2) is 226 Å². The Morgan fingerprint density at radius 3 is 1.22 bits per heavy atom. The molecule has 0 spiro atoms. The summed E-state index contributed by atoms with van der Waals surface area (Å²) in [4.78, 5) is 68.5. The number of allylic oxidation sites excluding steroid dienone is 18. The first-order chi connectivity index (χ1) is 59.7. The summed E-state index contributed by atoms with van der Waals surface area (Å²) in [5.41, 5.74) is 46.6. The fourth-order valence-electron chi connectivity index (χ4n) is 14.1. The van der Waals surface area contributed by atoms with Gasteiger partial charge in [-0.1, -0.05) is 106 Å². The quantitative estimate of drug-likeness (QED) is 0.0569. The average molecular weight is 1720 g/mol. The Kier molecular flexibility index (Phi) is 38.8. The molecule has 36 heteroatoms. The summed E-state index contributed by atoms with van der Waals surface area (Å²) < 4.78 is 5.22. The molecule has 7 atom stereocenters. The van der Waals surface area contributed by atoms with E-state index < -0.39 is 0 Å². The first kappa shape index (κ1) is 97.8. The molecule has 7 aliphatic heterocycles. The largest absolute Gasteiger partial charge is 0.469 e. The smallest absolute Gasteiger partial charge is 0.225 e. The molecule has 6 aliphatic carbocycles. The van der Waals surface area contributed by atoms with Crippen LogP contribution in [0.2, 0.25) is 0 Å². The van der Waals surface area contributed by atoms with Crippen molar-refractivity contribution in [1.29, 1.82) is 0 Å². The van der Waals surface area contributed by atoms with Crippen LogP contribution in [0.1, 0.15) is 178 Å². The van der Waals surface area contributed by atoms with E-state index in [4.69, 9.17) is 33.1 Å². The lowest BCUT2D eigenvalue weighted by Gasteiger charge is -2.24. The summed E-state index contributed by atoms with van der Waals surface area (Å²) >= 11 is 0. The number of nitrogens with two attached hydrogens (primary N) is 5. The number of nitrogens with zero attached hydrogens (tertiary/aromatic N) is 18. The minimum Gasteiger partial charge on any atom is -0.469 e. The Morgan fingerprint density at radius 2 is 0.800 bits per heavy atom. The highest BCUT2D eigenvalue weighted by Gasteiger charge is 2.22. The molecule has 8 heterocycles. The van der Waals surface area contributed by atoms with Crippen molar-refractivity contribution < 1.29 is 4.42 Å². The number of aliphatic imine (C=N–C) groups is 14. The average Bonchev–Trinajstić information content (AvgIpc) is 1.71. The second-order valence-electron chi connectivity index (χ2n) is 32.6. The molecule has 0 saturated carbocycles. The van der Waals surface area contributed by atoms with Crippen LogP contribution in [0.4, 0.5) is 0 Å². The Bertz CT molecular complexity index is 4730. The minimum atomic E-state index is -0.0364. The highest BCUT2D eigenvalue weighted by Crippen LogP contribution is 2.26. The molecule has 0 fully saturated rings. The fourth-order valence-corrected chi connectivity index (χ4v) is 14.1. The molecule has 7 unspecified atom stereocenters. The van der Waals surface area contributed by atoms with Gasteiger partial charge in [0.15, 0.2) is 35.8 Å². The van der Waals surface area contributed by atoms with Gasteiger partial charge in [0, 0.05) is 88.1 Å². The Balaban J connectivity index is 0.000000181. The third kappa shape index (κ3) is 34.2. The van der Waals surface area contributed by atoms with Crippen molar-refractivity contribution in [1.82, 2.24) is 83.4 Å². The van der Waals surface area contributed by atoms with Gasteiger partial charge in [-0.2, -0.15) is 30.0 Å². The molecule has 125 heavy (non-hydrogen) atoms. The van der Waals surface area contributed by atoms with Gasteiger partial charge in [0.05, 0.1) is 18.6 Å². The number of rotatable bonds is 21. The second kappa shape index (κ2) is 49.6. The summed E-state index contributed by atoms with van der Waals surface area (Å²) in [5, 5.41) is 37.2. The van der Waals surface area contributed by atoms with Crippen LogP contribution in [-0.2, 0) is 6.42 Å². The SMILES string of the molecule is CC1=C(CCN(C)C2=NC(C)NC(N)=N2)C=CC1.CC1=C(CCN=C2N=C(N)NC(C)N2)C=CC1.CC1=C(CCNC2=NC(N(C)C)=NC(C)N2)C=CC1.CC1=CCC=C1CCN(C)C1=NC(C)NC(N)=N1.CC1=CCC=C1CCN=C1N=C(N)NC(C)N1.CC1=CCC=C1CCNC1=NC(N(C)C)=NC(C)N1.Cc1occc1CCN=C1NC(N)=NC(C)N1. The predicted molar refractivity (Wildman–Crippen MR) is 519 cm³/mol. The van der Waals surface area contributed by atoms with Crippen molar-refractivity contribution in [2.24, 2.45) is 98.6 Å². The van der Waals surface area contributed by atoms with E-state index in [1.807, 2.05) is 114 Å². The molecule has 22 N–H and O–H groups in total. The van der Waals surface area contributed by atoms with E-state index in [1.54, 1.807) is 6.26 Å². The van der Waals surface area contributed by atoms with Crippen molar-refractivity contribution >= 4 is 83.4 Å². The monoisotopic (exact) mass is 1720 g/mol. The summed E-state index contributed by atoms with van der Waals surface area (Å²) in [7, 11) is 11.8. The van der Waals surface area contributed by atoms with Crippen molar-refractivity contribution in [3.05, 3.63) is 163 Å². The van der Waals surface area contributed by atoms with Crippen molar-refractivity contribution in [2.45, 2.75) is 224 Å². The Labute approximate surface area is 741 Å². The molecule has 0 aromatic carbocycles. The van der Waals surface area contributed by atoms with Crippen LogP contribution in [0, 0.1) is 6.92 Å². The fraction of sp³-hybridized carbons (Fsp3) is 0.528. The van der Waals surface area contributed by atoms with E-state index in [1.165, 1.54) is 72.4 Å². The maximum Gasteiger partial charge on any atom is 0.225 e. The summed E-state index contributed by atoms with van der Waals surface area (Å²) in [6, 6.07) is 1.97. The van der Waals surface area contributed by atoms with E-state index in [-0.39, 0.29) is 43.2 Å². The van der Waals surface area contributed by atoms with Gasteiger partial charge in [0.1, 0.15) is 36.6 Å². The topological polar surface area (TPSA) is 474 Å². The van der Waals surface area contributed by atoms with Gasteiger partial charge in [0.2, 0.25) is 47.7 Å². The van der Waals surface area contributed by atoms with Gasteiger partial charge in [0.25, 0.3) is 0 Å². The summed E-state index contributed by atoms with van der Waals surface area (Å²) in [5.74, 6) is 9.53. The Hall–Kier alpha value is -12.7. The van der Waals surface area contributed by atoms with Gasteiger partial charge in [-0.3, -0.25) is 20.3 Å². The van der Waals surface area contributed by atoms with Gasteiger partial charge >= 0.3 is 0 Å². The van der Waals surface area contributed by atoms with Gasteiger partial charge < -0.3 is 111 Å². The standard InChI is InChI=1S/2C14H23N5.2C13H21N5.2C12H19N5.C11H17N5O/c2*1-10-6-5-7-12(10)8-9-15-13-16-11(2)17-14(18-13)19(3)4;2*1-9-5-4-6-11(9)7-8-18(3)13-16-10(2)15-12(14)17-13;2*1-8-4-3-5-10(8)6-7-14-12-16-9(2)15-11(13)17-12;1-7-9(4-6-17-7)3-5-13-11-15-8(2)14-10(12)16-11/h6-7,11H,5,8-9H2,1-4H3,(H2,15,16,17,18);5,7,11H,6,8-9H2,1-4H3,(H2,15,16,17,18);5-6,10H,4,7-8H2,1-3H3,(H3,14,15,16,17);4,6,10H,5,7-8H2,1-3H3,(H3,14,15,16,17);4-5,9H,3,6-7H2,1-2H3,(H4,13,14,15,16,17);3,5,9H,4,6-7H2,1-2H3,(H4,13,14,15,16,17);4,6,8H,3,5H2,1-2H3,(H4,12,13,14,15,16). The number of hydrogen-bond donors (Lipinski definition) is 17. The molecule has 680 valence electrons. The third-order valence-electron chi connectivity index (χ3n) is 21.3. The molecular weight excluding hydrogens is 1580 g/mol. The third-order valence-corrected chi connectivity index (χ3v) is 21.3. The van der Waals surface area contributed by atoms with E-state index in [0.717, 1.165) is 152 Å². The zero-order valence-electron chi connectivity index (χ0n) is 77.6. The normalized spacial score (nSPS) is 23.2. The van der Waals surface area contributed by atoms with Crippen LogP contribution in [-0.4, -0.2) is 234 Å². The van der Waals surface area contributed by atoms with Gasteiger partial charge in [-0.05, 0) is 225 Å². The number of nitrogens with one attached hydrogen (secondary N) is 12. The molecule has 0 saturated heterocycles. The van der Waals surface area contributed by atoms with Crippen LogP contribution in [0.3, 0.4) is 0 Å².